The van der Waals surface area contributed by atoms with E-state index in [9.17, 15) is 0 Å². The van der Waals surface area contributed by atoms with Crippen LogP contribution in [-0.4, -0.2) is 6.04 Å². The van der Waals surface area contributed by atoms with Crippen LogP contribution >= 0.6 is 34.5 Å². The van der Waals surface area contributed by atoms with Crippen molar-refractivity contribution in [2.75, 3.05) is 0 Å². The molecule has 0 amide bonds. The summed E-state index contributed by atoms with van der Waals surface area (Å²) in [6, 6.07) is 10.0. The topological polar surface area (TPSA) is 38.0 Å². The summed E-state index contributed by atoms with van der Waals surface area (Å²) < 4.78 is 0. The van der Waals surface area contributed by atoms with Gasteiger partial charge in [0.25, 0.3) is 0 Å². The van der Waals surface area contributed by atoms with Gasteiger partial charge in [-0.2, -0.15) is 0 Å². The summed E-state index contributed by atoms with van der Waals surface area (Å²) in [5.41, 5.74) is 3.84. The van der Waals surface area contributed by atoms with E-state index in [1.165, 1.54) is 4.88 Å². The van der Waals surface area contributed by atoms with Gasteiger partial charge in [0, 0.05) is 21.0 Å². The molecule has 108 valence electrons. The molecule has 1 aromatic carbocycles. The van der Waals surface area contributed by atoms with Crippen molar-refractivity contribution in [3.8, 4) is 0 Å². The molecule has 0 saturated heterocycles. The van der Waals surface area contributed by atoms with Crippen LogP contribution in [0.4, 0.5) is 0 Å². The first-order valence-corrected chi connectivity index (χ1v) is 8.25. The van der Waals surface area contributed by atoms with E-state index in [2.05, 4.69) is 22.9 Å². The van der Waals surface area contributed by atoms with Crippen LogP contribution in [0.15, 0.2) is 35.7 Å². The van der Waals surface area contributed by atoms with Crippen LogP contribution in [0, 0.1) is 0 Å². The van der Waals surface area contributed by atoms with Gasteiger partial charge >= 0.3 is 0 Å². The Kier molecular flexibility index (Phi) is 6.33. The second-order valence-corrected chi connectivity index (χ2v) is 6.59. The van der Waals surface area contributed by atoms with Crippen LogP contribution in [0.25, 0.3) is 0 Å². The summed E-state index contributed by atoms with van der Waals surface area (Å²) in [5, 5.41) is 3.52. The van der Waals surface area contributed by atoms with Gasteiger partial charge in [-0.05, 0) is 54.8 Å². The number of hydrogen-bond donors (Lipinski definition) is 2. The minimum atomic E-state index is 0.187. The van der Waals surface area contributed by atoms with Gasteiger partial charge in [-0.3, -0.25) is 11.3 Å². The van der Waals surface area contributed by atoms with Gasteiger partial charge < -0.3 is 0 Å². The molecule has 0 saturated carbocycles. The molecular formula is C15H18Cl2N2S. The van der Waals surface area contributed by atoms with E-state index < -0.39 is 0 Å². The summed E-state index contributed by atoms with van der Waals surface area (Å²) in [5.74, 6) is 5.65. The zero-order chi connectivity index (χ0) is 14.4. The van der Waals surface area contributed by atoms with E-state index in [-0.39, 0.29) is 6.04 Å². The SMILES string of the molecule is NNC(CCCc1cccs1)Cc1c(Cl)cccc1Cl. The van der Waals surface area contributed by atoms with E-state index in [0.29, 0.717) is 10.0 Å². The van der Waals surface area contributed by atoms with Crippen molar-refractivity contribution < 1.29 is 0 Å². The molecule has 1 unspecified atom stereocenters. The Morgan fingerprint density at radius 2 is 1.90 bits per heavy atom. The molecule has 3 N–H and O–H groups in total. The minimum Gasteiger partial charge on any atom is -0.271 e. The van der Waals surface area contributed by atoms with Crippen molar-refractivity contribution in [2.45, 2.75) is 31.7 Å². The Hall–Kier alpha value is -0.580. The molecule has 0 fully saturated rings. The van der Waals surface area contributed by atoms with Crippen LogP contribution in [0.3, 0.4) is 0 Å². The predicted molar refractivity (Wildman–Crippen MR) is 88.5 cm³/mol. The third-order valence-corrected chi connectivity index (χ3v) is 4.95. The molecular weight excluding hydrogens is 311 g/mol. The van der Waals surface area contributed by atoms with Gasteiger partial charge in [0.2, 0.25) is 0 Å². The van der Waals surface area contributed by atoms with Gasteiger partial charge in [0.05, 0.1) is 0 Å². The summed E-state index contributed by atoms with van der Waals surface area (Å²) in [4.78, 5) is 1.41. The van der Waals surface area contributed by atoms with Crippen LogP contribution < -0.4 is 11.3 Å². The summed E-state index contributed by atoms with van der Waals surface area (Å²) in [7, 11) is 0. The average molecular weight is 329 g/mol. The van der Waals surface area contributed by atoms with E-state index in [1.807, 2.05) is 18.2 Å². The van der Waals surface area contributed by atoms with Gasteiger partial charge in [0.15, 0.2) is 0 Å². The lowest BCUT2D eigenvalue weighted by Crippen LogP contribution is -2.37. The second-order valence-electron chi connectivity index (χ2n) is 4.74. The Bertz CT molecular complexity index is 508. The number of nitrogens with one attached hydrogen (secondary N) is 1. The summed E-state index contributed by atoms with van der Waals surface area (Å²) in [6.07, 6.45) is 3.93. The highest BCUT2D eigenvalue weighted by molar-refractivity contribution is 7.09. The number of hydrazine groups is 1. The molecule has 0 aliphatic carbocycles. The third kappa shape index (κ3) is 4.47. The van der Waals surface area contributed by atoms with Crippen LogP contribution in [0.2, 0.25) is 10.0 Å². The number of benzene rings is 1. The normalized spacial score (nSPS) is 12.6. The molecule has 2 nitrogen and oxygen atoms in total. The maximum atomic E-state index is 6.19. The molecule has 0 bridgehead atoms. The Labute approximate surface area is 133 Å². The first kappa shape index (κ1) is 15.8. The van der Waals surface area contributed by atoms with Crippen LogP contribution in [0.5, 0.6) is 0 Å². The van der Waals surface area contributed by atoms with E-state index in [1.54, 1.807) is 11.3 Å². The molecule has 20 heavy (non-hydrogen) atoms. The number of rotatable bonds is 7. The molecule has 2 rings (SSSR count). The predicted octanol–water partition coefficient (Wildman–Crippen LogP) is 4.45. The molecule has 0 aliphatic heterocycles. The number of hydrogen-bond acceptors (Lipinski definition) is 3. The maximum absolute atomic E-state index is 6.19. The monoisotopic (exact) mass is 328 g/mol. The zero-order valence-electron chi connectivity index (χ0n) is 11.1. The average Bonchev–Trinajstić information content (AvgIpc) is 2.94. The lowest BCUT2D eigenvalue weighted by molar-refractivity contribution is 0.477. The van der Waals surface area contributed by atoms with Crippen molar-refractivity contribution in [2.24, 2.45) is 5.84 Å². The Morgan fingerprint density at radius 1 is 1.15 bits per heavy atom. The fraction of sp³-hybridized carbons (Fsp3) is 0.333. The van der Waals surface area contributed by atoms with Gasteiger partial charge in [-0.25, -0.2) is 0 Å². The lowest BCUT2D eigenvalue weighted by atomic mass is 10.0. The first-order valence-electron chi connectivity index (χ1n) is 6.62. The molecule has 5 heteroatoms. The van der Waals surface area contributed by atoms with Crippen molar-refractivity contribution >= 4 is 34.5 Å². The van der Waals surface area contributed by atoms with Crippen molar-refractivity contribution in [1.82, 2.24) is 5.43 Å². The number of halogens is 2. The fourth-order valence-electron chi connectivity index (χ4n) is 2.20. The first-order chi connectivity index (χ1) is 9.70. The second kappa shape index (κ2) is 8.01. The Balaban J connectivity index is 1.88. The number of aryl methyl sites for hydroxylation is 1. The molecule has 0 aliphatic rings. The van der Waals surface area contributed by atoms with Gasteiger partial charge in [-0.15, -0.1) is 11.3 Å². The van der Waals surface area contributed by atoms with Gasteiger partial charge in [-0.1, -0.05) is 35.3 Å². The maximum Gasteiger partial charge on any atom is 0.0453 e. The van der Waals surface area contributed by atoms with E-state index in [0.717, 1.165) is 31.2 Å². The van der Waals surface area contributed by atoms with Crippen LogP contribution in [-0.2, 0) is 12.8 Å². The van der Waals surface area contributed by atoms with E-state index >= 15 is 0 Å². The summed E-state index contributed by atoms with van der Waals surface area (Å²) >= 11 is 14.2. The van der Waals surface area contributed by atoms with Crippen molar-refractivity contribution in [1.29, 1.82) is 0 Å². The van der Waals surface area contributed by atoms with Crippen molar-refractivity contribution in [3.63, 3.8) is 0 Å². The molecule has 0 spiro atoms. The largest absolute Gasteiger partial charge is 0.271 e. The minimum absolute atomic E-state index is 0.187. The molecule has 0 radical (unpaired) electrons. The number of nitrogens with two attached hydrogens (primary N) is 1. The highest BCUT2D eigenvalue weighted by Gasteiger charge is 2.13. The fourth-order valence-corrected chi connectivity index (χ4v) is 3.50. The zero-order valence-corrected chi connectivity index (χ0v) is 13.4. The third-order valence-electron chi connectivity index (χ3n) is 3.30. The summed E-state index contributed by atoms with van der Waals surface area (Å²) in [6.45, 7) is 0. The molecule has 1 aromatic heterocycles. The standard InChI is InChI=1S/C15H18Cl2N2S/c16-14-7-2-8-15(17)13(14)10-11(19-18)4-1-5-12-6-3-9-20-12/h2-3,6-9,11,19H,1,4-5,10,18H2. The van der Waals surface area contributed by atoms with Crippen molar-refractivity contribution in [3.05, 3.63) is 56.2 Å². The van der Waals surface area contributed by atoms with Gasteiger partial charge in [0.1, 0.15) is 0 Å². The Morgan fingerprint density at radius 3 is 2.50 bits per heavy atom. The highest BCUT2D eigenvalue weighted by atomic mass is 35.5. The lowest BCUT2D eigenvalue weighted by Gasteiger charge is -2.17. The molecule has 1 atom stereocenters. The highest BCUT2D eigenvalue weighted by Crippen LogP contribution is 2.26. The van der Waals surface area contributed by atoms with E-state index in [4.69, 9.17) is 29.0 Å². The quantitative estimate of drug-likeness (QED) is 0.582. The van der Waals surface area contributed by atoms with Crippen LogP contribution in [0.1, 0.15) is 23.3 Å². The number of thiophene rings is 1. The molecule has 2 aromatic rings. The molecule has 1 heterocycles. The smallest absolute Gasteiger partial charge is 0.0453 e.